The van der Waals surface area contributed by atoms with Gasteiger partial charge in [0.05, 0.1) is 28.0 Å². The Morgan fingerprint density at radius 1 is 1.48 bits per heavy atom. The van der Waals surface area contributed by atoms with Crippen LogP contribution in [-0.2, 0) is 13.5 Å². The molecular weight excluding hydrogens is 306 g/mol. The largest absolute Gasteiger partial charge is 0.327 e. The lowest BCUT2D eigenvalue weighted by Crippen LogP contribution is -2.01. The number of imidazole rings is 1. The summed E-state index contributed by atoms with van der Waals surface area (Å²) in [7, 11) is 1.87. The van der Waals surface area contributed by atoms with Crippen LogP contribution in [0.1, 0.15) is 18.2 Å². The Morgan fingerprint density at radius 2 is 2.24 bits per heavy atom. The van der Waals surface area contributed by atoms with Gasteiger partial charge in [-0.25, -0.2) is 4.68 Å². The molecule has 7 heteroatoms. The molecule has 0 bridgehead atoms. The Hall–Kier alpha value is -2.10. The maximum Gasteiger partial charge on any atom is 0.184 e. The molecule has 106 valence electrons. The van der Waals surface area contributed by atoms with E-state index in [2.05, 4.69) is 16.2 Å². The van der Waals surface area contributed by atoms with Gasteiger partial charge in [-0.1, -0.05) is 18.5 Å². The number of aromatic amines is 1. The van der Waals surface area contributed by atoms with Crippen LogP contribution in [0, 0.1) is 16.1 Å². The first kappa shape index (κ1) is 13.9. The minimum atomic E-state index is 0.477. The molecule has 3 rings (SSSR count). The minimum absolute atomic E-state index is 0.477. The molecule has 0 radical (unpaired) electrons. The van der Waals surface area contributed by atoms with E-state index in [0.29, 0.717) is 15.4 Å². The van der Waals surface area contributed by atoms with E-state index in [9.17, 15) is 0 Å². The molecule has 0 saturated heterocycles. The molecule has 1 N–H and O–H groups in total. The number of aryl methyl sites for hydroxylation is 2. The highest BCUT2D eigenvalue weighted by atomic mass is 35.5. The molecule has 0 amide bonds. The maximum atomic E-state index is 8.93. The molecule has 0 fully saturated rings. The summed E-state index contributed by atoms with van der Waals surface area (Å²) in [6, 6.07) is 7.22. The van der Waals surface area contributed by atoms with E-state index in [1.165, 1.54) is 0 Å². The molecule has 1 aromatic carbocycles. The van der Waals surface area contributed by atoms with Crippen molar-refractivity contribution >= 4 is 35.0 Å². The molecule has 0 unspecified atom stereocenters. The van der Waals surface area contributed by atoms with Crippen LogP contribution in [0.4, 0.5) is 0 Å². The molecule has 0 spiro atoms. The van der Waals surface area contributed by atoms with E-state index < -0.39 is 0 Å². The first-order chi connectivity index (χ1) is 10.1. The minimum Gasteiger partial charge on any atom is -0.327 e. The Morgan fingerprint density at radius 3 is 2.86 bits per heavy atom. The second-order valence-corrected chi connectivity index (χ2v) is 5.46. The number of nitrogens with zero attached hydrogens (tertiary/aromatic N) is 4. The molecular formula is C14H12ClN5S. The molecule has 5 nitrogen and oxygen atoms in total. The normalized spacial score (nSPS) is 11.0. The first-order valence-electron chi connectivity index (χ1n) is 6.43. The van der Waals surface area contributed by atoms with Gasteiger partial charge >= 0.3 is 0 Å². The number of hydrogen-bond acceptors (Lipinski definition) is 3. The van der Waals surface area contributed by atoms with Crippen molar-refractivity contribution < 1.29 is 0 Å². The number of halogens is 1. The van der Waals surface area contributed by atoms with Crippen molar-refractivity contribution in [2.45, 2.75) is 13.3 Å². The molecule has 2 heterocycles. The Kier molecular flexibility index (Phi) is 3.32. The van der Waals surface area contributed by atoms with Crippen LogP contribution in [0.3, 0.4) is 0 Å². The van der Waals surface area contributed by atoms with E-state index in [0.717, 1.165) is 29.0 Å². The molecule has 3 aromatic rings. The third-order valence-electron chi connectivity index (χ3n) is 3.39. The number of nitrogens with one attached hydrogen (secondary N) is 1. The van der Waals surface area contributed by atoms with Crippen molar-refractivity contribution in [2.75, 3.05) is 0 Å². The van der Waals surface area contributed by atoms with Gasteiger partial charge in [0.25, 0.3) is 0 Å². The predicted molar refractivity (Wildman–Crippen MR) is 84.3 cm³/mol. The second-order valence-electron chi connectivity index (χ2n) is 4.67. The highest BCUT2D eigenvalue weighted by molar-refractivity contribution is 7.71. The zero-order valence-electron chi connectivity index (χ0n) is 11.5. The summed E-state index contributed by atoms with van der Waals surface area (Å²) in [5, 5.41) is 13.9. The average Bonchev–Trinajstić information content (AvgIpc) is 2.96. The maximum absolute atomic E-state index is 8.93. The fraction of sp³-hybridized carbons (Fsp3) is 0.214. The van der Waals surface area contributed by atoms with Crippen molar-refractivity contribution in [3.05, 3.63) is 39.3 Å². The summed E-state index contributed by atoms with van der Waals surface area (Å²) in [5.41, 5.74) is 4.00. The highest BCUT2D eigenvalue weighted by Crippen LogP contribution is 2.27. The van der Waals surface area contributed by atoms with Crippen LogP contribution in [-0.4, -0.2) is 19.3 Å². The molecule has 2 aromatic heterocycles. The number of fused-ring (bicyclic) bond motifs is 1. The van der Waals surface area contributed by atoms with Gasteiger partial charge in [-0.15, -0.1) is 0 Å². The lowest BCUT2D eigenvalue weighted by molar-refractivity contribution is 0.748. The van der Waals surface area contributed by atoms with Crippen molar-refractivity contribution in [3.63, 3.8) is 0 Å². The lowest BCUT2D eigenvalue weighted by Gasteiger charge is -2.07. The van der Waals surface area contributed by atoms with E-state index >= 15 is 0 Å². The lowest BCUT2D eigenvalue weighted by atomic mass is 10.2. The summed E-state index contributed by atoms with van der Waals surface area (Å²) in [6.45, 7) is 2.05. The van der Waals surface area contributed by atoms with Gasteiger partial charge in [-0.3, -0.25) is 4.57 Å². The van der Waals surface area contributed by atoms with E-state index in [1.807, 2.05) is 18.5 Å². The van der Waals surface area contributed by atoms with Crippen molar-refractivity contribution in [3.8, 4) is 11.8 Å². The number of aromatic nitrogens is 4. The number of nitriles is 1. The van der Waals surface area contributed by atoms with Gasteiger partial charge in [0.2, 0.25) is 0 Å². The third kappa shape index (κ3) is 2.06. The summed E-state index contributed by atoms with van der Waals surface area (Å²) < 4.78 is 4.19. The highest BCUT2D eigenvalue weighted by Gasteiger charge is 2.17. The van der Waals surface area contributed by atoms with E-state index in [1.54, 1.807) is 22.9 Å². The van der Waals surface area contributed by atoms with Crippen LogP contribution >= 0.6 is 23.8 Å². The molecule has 0 aliphatic rings. The monoisotopic (exact) mass is 317 g/mol. The Bertz CT molecular complexity index is 941. The standard InChI is InChI=1S/C14H12ClN5S/c1-3-10-12-13(19(2)18-10)20(14(21)17-12)11-5-4-8(7-16)6-9(11)15/h4-6H,3H2,1-2H3,(H,17,21). The number of benzene rings is 1. The summed E-state index contributed by atoms with van der Waals surface area (Å²) in [5.74, 6) is 0. The molecule has 0 aliphatic carbocycles. The number of hydrogen-bond donors (Lipinski definition) is 1. The topological polar surface area (TPSA) is 62.3 Å². The van der Waals surface area contributed by atoms with Gasteiger partial charge in [0.15, 0.2) is 10.4 Å². The molecule has 0 atom stereocenters. The smallest absolute Gasteiger partial charge is 0.184 e. The van der Waals surface area contributed by atoms with Crippen LogP contribution in [0.25, 0.3) is 16.9 Å². The Labute approximate surface area is 131 Å². The van der Waals surface area contributed by atoms with Crippen molar-refractivity contribution in [1.82, 2.24) is 19.3 Å². The number of rotatable bonds is 2. The summed E-state index contributed by atoms with van der Waals surface area (Å²) >= 11 is 11.7. The van der Waals surface area contributed by atoms with Crippen molar-refractivity contribution in [1.29, 1.82) is 5.26 Å². The SMILES string of the molecule is CCc1nn(C)c2c1[nH]c(=S)n2-c1ccc(C#N)cc1Cl. The molecule has 0 aliphatic heterocycles. The quantitative estimate of drug-likeness (QED) is 0.736. The van der Waals surface area contributed by atoms with Gasteiger partial charge in [0, 0.05) is 7.05 Å². The van der Waals surface area contributed by atoms with Gasteiger partial charge in [-0.2, -0.15) is 10.4 Å². The van der Waals surface area contributed by atoms with E-state index in [4.69, 9.17) is 29.1 Å². The third-order valence-corrected chi connectivity index (χ3v) is 3.98. The zero-order valence-corrected chi connectivity index (χ0v) is 13.1. The summed E-state index contributed by atoms with van der Waals surface area (Å²) in [4.78, 5) is 3.19. The Balaban J connectivity index is 2.36. The molecule has 0 saturated carbocycles. The van der Waals surface area contributed by atoms with Crippen LogP contribution in [0.15, 0.2) is 18.2 Å². The molecule has 21 heavy (non-hydrogen) atoms. The van der Waals surface area contributed by atoms with Crippen LogP contribution in [0.5, 0.6) is 0 Å². The zero-order chi connectivity index (χ0) is 15.1. The average molecular weight is 318 g/mol. The second kappa shape index (κ2) is 5.02. The fourth-order valence-corrected chi connectivity index (χ4v) is 2.99. The first-order valence-corrected chi connectivity index (χ1v) is 7.22. The van der Waals surface area contributed by atoms with Crippen molar-refractivity contribution in [2.24, 2.45) is 7.05 Å². The fourth-order valence-electron chi connectivity index (χ4n) is 2.44. The van der Waals surface area contributed by atoms with Gasteiger partial charge in [0.1, 0.15) is 5.52 Å². The van der Waals surface area contributed by atoms with Gasteiger partial charge < -0.3 is 4.98 Å². The van der Waals surface area contributed by atoms with Crippen LogP contribution < -0.4 is 0 Å². The predicted octanol–water partition coefficient (Wildman–Crippen LogP) is 3.51. The van der Waals surface area contributed by atoms with Crippen LogP contribution in [0.2, 0.25) is 5.02 Å². The van der Waals surface area contributed by atoms with Gasteiger partial charge in [-0.05, 0) is 36.8 Å². The summed E-state index contributed by atoms with van der Waals surface area (Å²) in [6.07, 6.45) is 0.813. The number of H-pyrrole nitrogens is 1. The van der Waals surface area contributed by atoms with E-state index in [-0.39, 0.29) is 0 Å².